The Morgan fingerprint density at radius 2 is 1.73 bits per heavy atom. The fourth-order valence-electron chi connectivity index (χ4n) is 7.12. The highest BCUT2D eigenvalue weighted by Gasteiger charge is 2.56. The number of thioether (sulfide) groups is 1. The van der Waals surface area contributed by atoms with Gasteiger partial charge in [0.15, 0.2) is 6.10 Å². The third-order valence-corrected chi connectivity index (χ3v) is 11.1. The summed E-state index contributed by atoms with van der Waals surface area (Å²) in [5.74, 6) is -0.959. The number of carbonyl (C=O) groups is 3. The van der Waals surface area contributed by atoms with E-state index in [0.717, 1.165) is 49.7 Å². The second-order valence-electron chi connectivity index (χ2n) is 12.2. The molecule has 0 bridgehead atoms. The van der Waals surface area contributed by atoms with E-state index >= 15 is 0 Å². The van der Waals surface area contributed by atoms with Gasteiger partial charge in [-0.15, -0.1) is 11.8 Å². The molecule has 0 aromatic heterocycles. The zero-order valence-electron chi connectivity index (χ0n) is 24.9. The Hall–Kier alpha value is -3.82. The number of fused-ring (bicyclic) bond motifs is 1. The van der Waals surface area contributed by atoms with Crippen LogP contribution in [0.2, 0.25) is 0 Å². The number of rotatable bonds is 8. The van der Waals surface area contributed by atoms with Crippen molar-refractivity contribution in [2.24, 2.45) is 0 Å². The molecule has 230 valence electrons. The maximum atomic E-state index is 14.2. The molecule has 3 aromatic carbocycles. The second kappa shape index (κ2) is 12.7. The maximum absolute atomic E-state index is 14.2. The number of nitrogens with one attached hydrogen (secondary N) is 2. The van der Waals surface area contributed by atoms with Gasteiger partial charge in [0.2, 0.25) is 5.91 Å². The average Bonchev–Trinajstić information content (AvgIpc) is 3.77. The Morgan fingerprint density at radius 3 is 2.50 bits per heavy atom. The fraction of sp³-hybridized carbons (Fsp3) is 0.400. The van der Waals surface area contributed by atoms with E-state index in [4.69, 9.17) is 0 Å². The van der Waals surface area contributed by atoms with Gasteiger partial charge in [-0.25, -0.2) is 0 Å². The number of hydrogen-bond acceptors (Lipinski definition) is 6. The predicted molar refractivity (Wildman–Crippen MR) is 170 cm³/mol. The van der Waals surface area contributed by atoms with Crippen LogP contribution < -0.4 is 10.6 Å². The molecule has 3 aliphatic rings. The summed E-state index contributed by atoms with van der Waals surface area (Å²) in [6, 6.07) is 20.4. The molecular weight excluding hydrogens is 574 g/mol. The van der Waals surface area contributed by atoms with Crippen LogP contribution in [0.4, 0.5) is 0 Å². The Morgan fingerprint density at radius 1 is 1.00 bits per heavy atom. The van der Waals surface area contributed by atoms with Crippen molar-refractivity contribution in [3.8, 4) is 5.75 Å². The summed E-state index contributed by atoms with van der Waals surface area (Å²) < 4.78 is -0.394. The van der Waals surface area contributed by atoms with E-state index in [1.54, 1.807) is 35.7 Å². The Balaban J connectivity index is 1.26. The van der Waals surface area contributed by atoms with Gasteiger partial charge in [0, 0.05) is 15.9 Å². The largest absolute Gasteiger partial charge is 0.508 e. The number of nitrogens with zero attached hydrogens (tertiary/aromatic N) is 1. The SMILES string of the molecule is Cc1c(O)cccc1C(=O)NC(Cc1ccccc1)[C@H](O)C(=O)N1CSC2(CCCC2)[C@H]1C(=O)N[C@H]1CCc2ccccc21. The topological polar surface area (TPSA) is 119 Å². The molecule has 1 aliphatic heterocycles. The number of carbonyl (C=O) groups excluding carboxylic acids is 3. The van der Waals surface area contributed by atoms with Gasteiger partial charge in [0.1, 0.15) is 11.8 Å². The van der Waals surface area contributed by atoms with E-state index in [-0.39, 0.29) is 29.7 Å². The monoisotopic (exact) mass is 613 g/mol. The molecule has 2 fully saturated rings. The summed E-state index contributed by atoms with van der Waals surface area (Å²) in [6.45, 7) is 1.65. The van der Waals surface area contributed by atoms with E-state index in [2.05, 4.69) is 22.8 Å². The molecule has 1 saturated heterocycles. The van der Waals surface area contributed by atoms with Gasteiger partial charge in [0.25, 0.3) is 11.8 Å². The first-order chi connectivity index (χ1) is 21.3. The van der Waals surface area contributed by atoms with Crippen molar-refractivity contribution in [1.29, 1.82) is 0 Å². The molecule has 3 aromatic rings. The molecule has 2 aliphatic carbocycles. The predicted octanol–water partition coefficient (Wildman–Crippen LogP) is 4.42. The van der Waals surface area contributed by atoms with Crippen LogP contribution in [0.5, 0.6) is 5.75 Å². The van der Waals surface area contributed by atoms with Crippen molar-refractivity contribution < 1.29 is 24.6 Å². The molecule has 9 heteroatoms. The number of hydrogen-bond donors (Lipinski definition) is 4. The lowest BCUT2D eigenvalue weighted by Crippen LogP contribution is -2.59. The van der Waals surface area contributed by atoms with Gasteiger partial charge in [-0.05, 0) is 67.9 Å². The van der Waals surface area contributed by atoms with Crippen LogP contribution in [0, 0.1) is 6.92 Å². The lowest BCUT2D eigenvalue weighted by molar-refractivity contribution is -0.147. The average molecular weight is 614 g/mol. The number of aliphatic hydroxyl groups excluding tert-OH is 1. The van der Waals surface area contributed by atoms with Crippen LogP contribution in [-0.2, 0) is 22.4 Å². The molecule has 0 radical (unpaired) electrons. The van der Waals surface area contributed by atoms with E-state index in [9.17, 15) is 24.6 Å². The number of phenols is 1. The molecule has 3 amide bonds. The third kappa shape index (κ3) is 5.83. The zero-order valence-corrected chi connectivity index (χ0v) is 25.7. The maximum Gasteiger partial charge on any atom is 0.254 e. The molecule has 8 nitrogen and oxygen atoms in total. The van der Waals surface area contributed by atoms with Crippen LogP contribution in [0.15, 0.2) is 72.8 Å². The quantitative estimate of drug-likeness (QED) is 0.299. The summed E-state index contributed by atoms with van der Waals surface area (Å²) in [5, 5.41) is 28.0. The first kappa shape index (κ1) is 30.2. The van der Waals surface area contributed by atoms with Crippen molar-refractivity contribution >= 4 is 29.5 Å². The van der Waals surface area contributed by atoms with Crippen LogP contribution in [0.25, 0.3) is 0 Å². The first-order valence-corrected chi connectivity index (χ1v) is 16.4. The highest BCUT2D eigenvalue weighted by molar-refractivity contribution is 8.01. The highest BCUT2D eigenvalue weighted by atomic mass is 32.2. The molecule has 4 atom stereocenters. The first-order valence-electron chi connectivity index (χ1n) is 15.4. The summed E-state index contributed by atoms with van der Waals surface area (Å²) in [6.07, 6.45) is 3.97. The zero-order chi connectivity index (χ0) is 30.8. The standard InChI is InChI=1S/C35H39N3O5S/c1-22-25(14-9-15-29(22)39)32(41)37-28(20-23-10-3-2-4-11-23)30(40)34(43)38-21-44-35(18-7-8-19-35)31(38)33(42)36-27-17-16-24-12-5-6-13-26(24)27/h2-6,9-15,27-28,30-31,39-40H,7-8,16-21H2,1H3,(H,36,42)(H,37,41)/t27-,28?,30-,31+/m0/s1. The number of aliphatic hydroxyl groups is 1. The minimum absolute atomic E-state index is 0.0106. The van der Waals surface area contributed by atoms with E-state index in [1.165, 1.54) is 11.6 Å². The van der Waals surface area contributed by atoms with Gasteiger partial charge in [0.05, 0.1) is 18.0 Å². The minimum Gasteiger partial charge on any atom is -0.508 e. The molecule has 6 rings (SSSR count). The molecule has 1 spiro atoms. The van der Waals surface area contributed by atoms with Gasteiger partial charge in [-0.2, -0.15) is 0 Å². The summed E-state index contributed by atoms with van der Waals surface area (Å²) >= 11 is 1.63. The normalized spacial score (nSPS) is 21.5. The van der Waals surface area contributed by atoms with Crippen LogP contribution >= 0.6 is 11.8 Å². The number of amides is 3. The lowest BCUT2D eigenvalue weighted by Gasteiger charge is -2.35. The highest BCUT2D eigenvalue weighted by Crippen LogP contribution is 2.51. The molecule has 1 saturated carbocycles. The smallest absolute Gasteiger partial charge is 0.254 e. The molecular formula is C35H39N3O5S. The van der Waals surface area contributed by atoms with Crippen molar-refractivity contribution in [3.63, 3.8) is 0 Å². The van der Waals surface area contributed by atoms with Gasteiger partial charge in [-0.1, -0.05) is 73.5 Å². The van der Waals surface area contributed by atoms with E-state index < -0.39 is 34.7 Å². The van der Waals surface area contributed by atoms with Crippen LogP contribution in [-0.4, -0.2) is 61.6 Å². The second-order valence-corrected chi connectivity index (χ2v) is 13.6. The molecule has 44 heavy (non-hydrogen) atoms. The molecule has 4 N–H and O–H groups in total. The number of aromatic hydroxyl groups is 1. The minimum atomic E-state index is -1.59. The van der Waals surface area contributed by atoms with Crippen molar-refractivity contribution in [1.82, 2.24) is 15.5 Å². The Labute approximate surface area is 262 Å². The summed E-state index contributed by atoms with van der Waals surface area (Å²) in [5.41, 5.74) is 3.87. The molecule has 1 heterocycles. The van der Waals surface area contributed by atoms with E-state index in [0.29, 0.717) is 11.4 Å². The van der Waals surface area contributed by atoms with Crippen molar-refractivity contribution in [3.05, 3.63) is 101 Å². The Bertz CT molecular complexity index is 1540. The van der Waals surface area contributed by atoms with Gasteiger partial charge < -0.3 is 25.7 Å². The third-order valence-electron chi connectivity index (χ3n) is 9.53. The van der Waals surface area contributed by atoms with Gasteiger partial charge >= 0.3 is 0 Å². The number of phenolic OH excluding ortho intramolecular Hbond substituents is 1. The summed E-state index contributed by atoms with van der Waals surface area (Å²) in [4.78, 5) is 43.3. The fourth-order valence-corrected chi connectivity index (χ4v) is 8.77. The lowest BCUT2D eigenvalue weighted by atomic mass is 9.93. The van der Waals surface area contributed by atoms with Crippen molar-refractivity contribution in [2.45, 2.75) is 80.8 Å². The molecule has 1 unspecified atom stereocenters. The van der Waals surface area contributed by atoms with Crippen LogP contribution in [0.1, 0.15) is 70.8 Å². The van der Waals surface area contributed by atoms with Crippen LogP contribution in [0.3, 0.4) is 0 Å². The number of benzene rings is 3. The van der Waals surface area contributed by atoms with Crippen molar-refractivity contribution in [2.75, 3.05) is 5.88 Å². The Kier molecular flexibility index (Phi) is 8.69. The number of aryl methyl sites for hydroxylation is 1. The van der Waals surface area contributed by atoms with Gasteiger partial charge in [-0.3, -0.25) is 14.4 Å². The summed E-state index contributed by atoms with van der Waals surface area (Å²) in [7, 11) is 0. The van der Waals surface area contributed by atoms with E-state index in [1.807, 2.05) is 42.5 Å².